The van der Waals surface area contributed by atoms with Crippen molar-refractivity contribution in [2.24, 2.45) is 0 Å². The molecule has 126 valence electrons. The number of nitrogens with zero attached hydrogens (tertiary/aromatic N) is 1. The Morgan fingerprint density at radius 1 is 1.08 bits per heavy atom. The first-order valence-electron chi connectivity index (χ1n) is 8.42. The minimum absolute atomic E-state index is 0.0827. The topological polar surface area (TPSA) is 41.6 Å². The average Bonchev–Trinajstić information content (AvgIpc) is 3.46. The van der Waals surface area contributed by atoms with Crippen LogP contribution >= 0.6 is 0 Å². The number of carbonyl (C=O) groups is 1. The van der Waals surface area contributed by atoms with E-state index in [1.54, 1.807) is 7.11 Å². The monoisotopic (exact) mass is 324 g/mol. The molecule has 1 aliphatic rings. The van der Waals surface area contributed by atoms with E-state index in [2.05, 4.69) is 22.3 Å². The molecule has 0 heterocycles. The maximum atomic E-state index is 12.3. The van der Waals surface area contributed by atoms with Gasteiger partial charge in [-0.1, -0.05) is 42.5 Å². The molecule has 1 N–H and O–H groups in total. The molecule has 0 bridgehead atoms. The van der Waals surface area contributed by atoms with E-state index in [0.29, 0.717) is 19.1 Å². The van der Waals surface area contributed by atoms with E-state index in [9.17, 15) is 4.79 Å². The molecule has 24 heavy (non-hydrogen) atoms. The molecule has 0 aromatic heterocycles. The fraction of sp³-hybridized carbons (Fsp3) is 0.350. The van der Waals surface area contributed by atoms with Crippen LogP contribution in [0.4, 0.5) is 0 Å². The number of nitrogens with one attached hydrogen (secondary N) is 1. The first kappa shape index (κ1) is 16.5. The molecule has 0 atom stereocenters. The summed E-state index contributed by atoms with van der Waals surface area (Å²) in [6.45, 7) is 1.83. The average molecular weight is 324 g/mol. The number of ether oxygens (including phenoxy) is 1. The van der Waals surface area contributed by atoms with Gasteiger partial charge in [0.2, 0.25) is 5.91 Å². The molecular weight excluding hydrogens is 300 g/mol. The number of benzene rings is 2. The van der Waals surface area contributed by atoms with Gasteiger partial charge in [-0.25, -0.2) is 0 Å². The zero-order chi connectivity index (χ0) is 16.8. The van der Waals surface area contributed by atoms with Crippen LogP contribution in [0, 0.1) is 0 Å². The Morgan fingerprint density at radius 2 is 1.79 bits per heavy atom. The highest BCUT2D eigenvalue weighted by molar-refractivity contribution is 5.78. The molecule has 4 nitrogen and oxygen atoms in total. The third-order valence-corrected chi connectivity index (χ3v) is 4.29. The zero-order valence-corrected chi connectivity index (χ0v) is 14.1. The summed E-state index contributed by atoms with van der Waals surface area (Å²) in [5, 5.41) is 3.02. The van der Waals surface area contributed by atoms with E-state index in [4.69, 9.17) is 4.74 Å². The Labute approximate surface area is 143 Å². The van der Waals surface area contributed by atoms with Gasteiger partial charge in [0, 0.05) is 19.1 Å². The third-order valence-electron chi connectivity index (χ3n) is 4.29. The summed E-state index contributed by atoms with van der Waals surface area (Å²) in [6, 6.07) is 18.6. The predicted molar refractivity (Wildman–Crippen MR) is 94.7 cm³/mol. The number of amides is 1. The summed E-state index contributed by atoms with van der Waals surface area (Å²) in [6.07, 6.45) is 2.37. The van der Waals surface area contributed by atoms with E-state index in [1.165, 1.54) is 18.4 Å². The predicted octanol–water partition coefficient (Wildman–Crippen LogP) is 2.98. The summed E-state index contributed by atoms with van der Waals surface area (Å²) in [4.78, 5) is 14.5. The summed E-state index contributed by atoms with van der Waals surface area (Å²) in [7, 11) is 1.67. The lowest BCUT2D eigenvalue weighted by atomic mass is 10.2. The standard InChI is InChI=1S/C20H24N2O2/c1-24-19-11-7-17(8-12-19)14-22(18-9-10-18)15-20(23)21-13-16-5-3-2-4-6-16/h2-8,11-12,18H,9-10,13-15H2,1H3,(H,21,23). The molecule has 0 unspecified atom stereocenters. The Morgan fingerprint density at radius 3 is 2.42 bits per heavy atom. The van der Waals surface area contributed by atoms with Crippen LogP contribution in [0.2, 0.25) is 0 Å². The lowest BCUT2D eigenvalue weighted by Gasteiger charge is -2.21. The fourth-order valence-corrected chi connectivity index (χ4v) is 2.76. The lowest BCUT2D eigenvalue weighted by Crippen LogP contribution is -2.37. The molecule has 0 aliphatic heterocycles. The molecule has 1 fully saturated rings. The van der Waals surface area contributed by atoms with Gasteiger partial charge in [-0.05, 0) is 36.1 Å². The molecule has 0 saturated heterocycles. The maximum Gasteiger partial charge on any atom is 0.234 e. The van der Waals surface area contributed by atoms with Crippen molar-refractivity contribution in [2.45, 2.75) is 32.0 Å². The lowest BCUT2D eigenvalue weighted by molar-refractivity contribution is -0.122. The van der Waals surface area contributed by atoms with Crippen LogP contribution in [0.3, 0.4) is 0 Å². The van der Waals surface area contributed by atoms with Crippen molar-refractivity contribution in [2.75, 3.05) is 13.7 Å². The second-order valence-corrected chi connectivity index (χ2v) is 6.25. The molecule has 1 amide bonds. The van der Waals surface area contributed by atoms with Gasteiger partial charge in [0.05, 0.1) is 13.7 Å². The minimum Gasteiger partial charge on any atom is -0.497 e. The largest absolute Gasteiger partial charge is 0.497 e. The van der Waals surface area contributed by atoms with E-state index >= 15 is 0 Å². The van der Waals surface area contributed by atoms with Crippen molar-refractivity contribution in [3.63, 3.8) is 0 Å². The van der Waals surface area contributed by atoms with E-state index in [1.807, 2.05) is 42.5 Å². The Balaban J connectivity index is 1.52. The van der Waals surface area contributed by atoms with Gasteiger partial charge in [0.15, 0.2) is 0 Å². The number of hydrogen-bond donors (Lipinski definition) is 1. The Hall–Kier alpha value is -2.33. The number of rotatable bonds is 8. The summed E-state index contributed by atoms with van der Waals surface area (Å²) in [5.74, 6) is 0.941. The Bertz CT molecular complexity index is 651. The van der Waals surface area contributed by atoms with Gasteiger partial charge in [0.25, 0.3) is 0 Å². The maximum absolute atomic E-state index is 12.3. The molecule has 2 aromatic carbocycles. The highest BCUT2D eigenvalue weighted by Crippen LogP contribution is 2.28. The quantitative estimate of drug-likeness (QED) is 0.812. The Kier molecular flexibility index (Phi) is 5.49. The summed E-state index contributed by atoms with van der Waals surface area (Å²) in [5.41, 5.74) is 2.33. The first-order valence-corrected chi connectivity index (χ1v) is 8.42. The molecular formula is C20H24N2O2. The number of hydrogen-bond acceptors (Lipinski definition) is 3. The van der Waals surface area contributed by atoms with E-state index in [0.717, 1.165) is 17.9 Å². The summed E-state index contributed by atoms with van der Waals surface area (Å²) >= 11 is 0. The van der Waals surface area contributed by atoms with Gasteiger partial charge < -0.3 is 10.1 Å². The first-order chi connectivity index (χ1) is 11.7. The van der Waals surface area contributed by atoms with Crippen LogP contribution in [-0.4, -0.2) is 30.5 Å². The van der Waals surface area contributed by atoms with Crippen molar-refractivity contribution in [3.8, 4) is 5.75 Å². The SMILES string of the molecule is COc1ccc(CN(CC(=O)NCc2ccccc2)C2CC2)cc1. The molecule has 0 radical (unpaired) electrons. The van der Waals surface area contributed by atoms with Gasteiger partial charge in [-0.15, -0.1) is 0 Å². The molecule has 4 heteroatoms. The van der Waals surface area contributed by atoms with Crippen LogP contribution in [0.1, 0.15) is 24.0 Å². The molecule has 2 aromatic rings. The smallest absolute Gasteiger partial charge is 0.234 e. The fourth-order valence-electron chi connectivity index (χ4n) is 2.76. The molecule has 3 rings (SSSR count). The second-order valence-electron chi connectivity index (χ2n) is 6.25. The van der Waals surface area contributed by atoms with Gasteiger partial charge >= 0.3 is 0 Å². The van der Waals surface area contributed by atoms with E-state index < -0.39 is 0 Å². The van der Waals surface area contributed by atoms with Gasteiger partial charge in [0.1, 0.15) is 5.75 Å². The highest BCUT2D eigenvalue weighted by atomic mass is 16.5. The zero-order valence-electron chi connectivity index (χ0n) is 14.1. The third kappa shape index (κ3) is 4.83. The van der Waals surface area contributed by atoms with Crippen molar-refractivity contribution in [1.29, 1.82) is 0 Å². The normalized spacial score (nSPS) is 13.8. The molecule has 1 aliphatic carbocycles. The number of carbonyl (C=O) groups excluding carboxylic acids is 1. The minimum atomic E-state index is 0.0827. The molecule has 1 saturated carbocycles. The molecule has 0 spiro atoms. The van der Waals surface area contributed by atoms with Crippen LogP contribution < -0.4 is 10.1 Å². The highest BCUT2D eigenvalue weighted by Gasteiger charge is 2.30. The van der Waals surface area contributed by atoms with Crippen molar-refractivity contribution >= 4 is 5.91 Å². The van der Waals surface area contributed by atoms with Crippen LogP contribution in [-0.2, 0) is 17.9 Å². The van der Waals surface area contributed by atoms with Crippen LogP contribution in [0.25, 0.3) is 0 Å². The van der Waals surface area contributed by atoms with Crippen molar-refractivity contribution in [1.82, 2.24) is 10.2 Å². The van der Waals surface area contributed by atoms with Gasteiger partial charge in [-0.2, -0.15) is 0 Å². The second kappa shape index (κ2) is 7.97. The summed E-state index contributed by atoms with van der Waals surface area (Å²) < 4.78 is 5.19. The van der Waals surface area contributed by atoms with E-state index in [-0.39, 0.29) is 5.91 Å². The van der Waals surface area contributed by atoms with Crippen molar-refractivity contribution in [3.05, 3.63) is 65.7 Å². The van der Waals surface area contributed by atoms with Gasteiger partial charge in [-0.3, -0.25) is 9.69 Å². The number of methoxy groups -OCH3 is 1. The van der Waals surface area contributed by atoms with Crippen LogP contribution in [0.15, 0.2) is 54.6 Å². The van der Waals surface area contributed by atoms with Crippen LogP contribution in [0.5, 0.6) is 5.75 Å². The van der Waals surface area contributed by atoms with Crippen molar-refractivity contribution < 1.29 is 9.53 Å².